The number of H-pyrrole nitrogens is 1. The number of amides is 1. The molecule has 5 heteroatoms. The minimum atomic E-state index is -0.502. The number of rotatable bonds is 2. The van der Waals surface area contributed by atoms with Gasteiger partial charge >= 0.3 is 0 Å². The molecule has 0 aliphatic heterocycles. The van der Waals surface area contributed by atoms with Crippen LogP contribution in [0.3, 0.4) is 0 Å². The van der Waals surface area contributed by atoms with E-state index in [1.807, 2.05) is 30.3 Å². The highest BCUT2D eigenvalue weighted by atomic mass is 35.5. The van der Waals surface area contributed by atoms with Gasteiger partial charge in [-0.15, -0.1) is 0 Å². The molecular weight excluding hydrogens is 324 g/mol. The van der Waals surface area contributed by atoms with Crippen molar-refractivity contribution in [1.29, 1.82) is 0 Å². The van der Waals surface area contributed by atoms with Crippen LogP contribution in [0.4, 0.5) is 0 Å². The number of phenolic OH excluding ortho intramolecular Hbond substituents is 1. The molecule has 3 aromatic carbocycles. The predicted molar refractivity (Wildman–Crippen MR) is 96.4 cm³/mol. The third kappa shape index (κ3) is 2.20. The number of aromatic hydroxyl groups is 1. The van der Waals surface area contributed by atoms with Crippen molar-refractivity contribution in [2.24, 2.45) is 5.73 Å². The van der Waals surface area contributed by atoms with E-state index in [9.17, 15) is 9.90 Å². The molecule has 118 valence electrons. The van der Waals surface area contributed by atoms with Crippen LogP contribution in [0.25, 0.3) is 32.9 Å². The van der Waals surface area contributed by atoms with E-state index < -0.39 is 5.91 Å². The van der Waals surface area contributed by atoms with Gasteiger partial charge in [-0.1, -0.05) is 35.9 Å². The van der Waals surface area contributed by atoms with Gasteiger partial charge in [0, 0.05) is 16.3 Å². The summed E-state index contributed by atoms with van der Waals surface area (Å²) in [7, 11) is 0. The Balaban J connectivity index is 2.08. The van der Waals surface area contributed by atoms with E-state index in [1.54, 1.807) is 18.2 Å². The van der Waals surface area contributed by atoms with Crippen LogP contribution in [0.2, 0.25) is 5.02 Å². The van der Waals surface area contributed by atoms with E-state index in [0.29, 0.717) is 5.56 Å². The average Bonchev–Trinajstić information content (AvgIpc) is 2.95. The largest absolute Gasteiger partial charge is 0.506 e. The van der Waals surface area contributed by atoms with Crippen LogP contribution in [-0.2, 0) is 0 Å². The summed E-state index contributed by atoms with van der Waals surface area (Å²) >= 11 is 6.01. The second-order valence-corrected chi connectivity index (χ2v) is 6.05. The van der Waals surface area contributed by atoms with E-state index >= 15 is 0 Å². The van der Waals surface area contributed by atoms with E-state index in [4.69, 9.17) is 17.3 Å². The van der Waals surface area contributed by atoms with Crippen molar-refractivity contribution < 1.29 is 9.90 Å². The normalized spacial score (nSPS) is 11.2. The van der Waals surface area contributed by atoms with Gasteiger partial charge in [-0.05, 0) is 41.5 Å². The summed E-state index contributed by atoms with van der Waals surface area (Å²) in [5.74, 6) is -0.484. The lowest BCUT2D eigenvalue weighted by Gasteiger charge is -2.07. The molecule has 1 aromatic heterocycles. The number of nitrogens with two attached hydrogens (primary N) is 1. The number of carbonyl (C=O) groups excluding carboxylic acids is 1. The van der Waals surface area contributed by atoms with Crippen LogP contribution in [0.1, 0.15) is 10.4 Å². The van der Waals surface area contributed by atoms with Gasteiger partial charge in [-0.25, -0.2) is 0 Å². The summed E-state index contributed by atoms with van der Waals surface area (Å²) in [4.78, 5) is 15.2. The summed E-state index contributed by atoms with van der Waals surface area (Å²) < 4.78 is 0. The maximum atomic E-state index is 11.9. The number of aromatic amines is 1. The highest BCUT2D eigenvalue weighted by molar-refractivity contribution is 6.32. The van der Waals surface area contributed by atoms with Crippen LogP contribution in [0, 0.1) is 0 Å². The number of benzene rings is 3. The van der Waals surface area contributed by atoms with Gasteiger partial charge in [0.05, 0.1) is 16.1 Å². The van der Waals surface area contributed by atoms with Crippen LogP contribution in [0.15, 0.2) is 54.6 Å². The SMILES string of the molecule is NC(=O)c1cc(-c2ccc(O)c(Cl)c2)cc2c1[nH]c1ccccc12. The fraction of sp³-hybridized carbons (Fsp3) is 0. The number of hydrogen-bond acceptors (Lipinski definition) is 2. The molecule has 4 rings (SSSR count). The van der Waals surface area contributed by atoms with Crippen LogP contribution in [0.5, 0.6) is 5.75 Å². The van der Waals surface area contributed by atoms with E-state index in [1.165, 1.54) is 6.07 Å². The smallest absolute Gasteiger partial charge is 0.250 e. The number of phenols is 1. The lowest BCUT2D eigenvalue weighted by atomic mass is 9.99. The number of primary amides is 1. The van der Waals surface area contributed by atoms with Gasteiger partial charge in [-0.2, -0.15) is 0 Å². The van der Waals surface area contributed by atoms with Gasteiger partial charge < -0.3 is 15.8 Å². The number of halogens is 1. The molecule has 0 spiro atoms. The Bertz CT molecular complexity index is 1120. The Labute approximate surface area is 142 Å². The number of carbonyl (C=O) groups is 1. The highest BCUT2D eigenvalue weighted by Crippen LogP contribution is 2.35. The number of fused-ring (bicyclic) bond motifs is 3. The molecule has 0 saturated heterocycles. The molecule has 1 heterocycles. The predicted octanol–water partition coefficient (Wildman–Crippen LogP) is 4.45. The zero-order chi connectivity index (χ0) is 16.8. The summed E-state index contributed by atoms with van der Waals surface area (Å²) in [5.41, 5.74) is 9.26. The molecule has 0 aliphatic rings. The number of hydrogen-bond donors (Lipinski definition) is 3. The van der Waals surface area contributed by atoms with E-state index in [0.717, 1.165) is 32.9 Å². The molecule has 0 fully saturated rings. The maximum absolute atomic E-state index is 11.9. The topological polar surface area (TPSA) is 79.1 Å². The van der Waals surface area contributed by atoms with Crippen LogP contribution >= 0.6 is 11.6 Å². The molecule has 4 N–H and O–H groups in total. The standard InChI is InChI=1S/C19H13ClN2O2/c20-15-9-10(5-6-17(15)23)11-7-13-12-3-1-2-4-16(12)22-18(13)14(8-11)19(21)24/h1-9,22-23H,(H2,21,24). The van der Waals surface area contributed by atoms with Crippen LogP contribution < -0.4 is 5.73 Å². The number of nitrogens with one attached hydrogen (secondary N) is 1. The molecular formula is C19H13ClN2O2. The molecule has 4 nitrogen and oxygen atoms in total. The van der Waals surface area contributed by atoms with Gasteiger partial charge in [0.25, 0.3) is 5.91 Å². The highest BCUT2D eigenvalue weighted by Gasteiger charge is 2.15. The van der Waals surface area contributed by atoms with Crippen molar-refractivity contribution in [3.8, 4) is 16.9 Å². The Morgan fingerprint density at radius 3 is 2.54 bits per heavy atom. The molecule has 0 unspecified atom stereocenters. The second-order valence-electron chi connectivity index (χ2n) is 5.65. The zero-order valence-corrected chi connectivity index (χ0v) is 13.3. The van der Waals surface area contributed by atoms with E-state index in [2.05, 4.69) is 4.98 Å². The average molecular weight is 337 g/mol. The first-order valence-corrected chi connectivity index (χ1v) is 7.75. The molecule has 1 amide bonds. The summed E-state index contributed by atoms with van der Waals surface area (Å²) in [6.07, 6.45) is 0. The maximum Gasteiger partial charge on any atom is 0.250 e. The summed E-state index contributed by atoms with van der Waals surface area (Å²) in [6.45, 7) is 0. The zero-order valence-electron chi connectivity index (χ0n) is 12.5. The van der Waals surface area contributed by atoms with E-state index in [-0.39, 0.29) is 10.8 Å². The molecule has 0 bridgehead atoms. The van der Waals surface area contributed by atoms with Crippen molar-refractivity contribution in [2.75, 3.05) is 0 Å². The lowest BCUT2D eigenvalue weighted by molar-refractivity contribution is 0.100. The van der Waals surface area contributed by atoms with Crippen molar-refractivity contribution in [1.82, 2.24) is 4.98 Å². The number of para-hydroxylation sites is 1. The first-order chi connectivity index (χ1) is 11.5. The molecule has 0 radical (unpaired) electrons. The molecule has 0 atom stereocenters. The molecule has 4 aromatic rings. The third-order valence-electron chi connectivity index (χ3n) is 4.16. The monoisotopic (exact) mass is 336 g/mol. The Morgan fingerprint density at radius 1 is 1.00 bits per heavy atom. The fourth-order valence-electron chi connectivity index (χ4n) is 3.00. The van der Waals surface area contributed by atoms with Gasteiger partial charge in [0.15, 0.2) is 0 Å². The second kappa shape index (κ2) is 5.28. The van der Waals surface area contributed by atoms with Crippen molar-refractivity contribution in [3.63, 3.8) is 0 Å². The van der Waals surface area contributed by atoms with Crippen molar-refractivity contribution in [3.05, 3.63) is 65.2 Å². The Hall–Kier alpha value is -2.98. The Morgan fingerprint density at radius 2 is 1.79 bits per heavy atom. The third-order valence-corrected chi connectivity index (χ3v) is 4.46. The van der Waals surface area contributed by atoms with Crippen LogP contribution in [-0.4, -0.2) is 16.0 Å². The minimum Gasteiger partial charge on any atom is -0.506 e. The lowest BCUT2D eigenvalue weighted by Crippen LogP contribution is -2.11. The van der Waals surface area contributed by atoms with Crippen molar-refractivity contribution in [2.45, 2.75) is 0 Å². The quantitative estimate of drug-likeness (QED) is 0.505. The summed E-state index contributed by atoms with van der Waals surface area (Å²) in [5, 5.41) is 11.8. The number of aromatic nitrogens is 1. The fourth-order valence-corrected chi connectivity index (χ4v) is 3.18. The first-order valence-electron chi connectivity index (χ1n) is 7.38. The molecule has 0 saturated carbocycles. The van der Waals surface area contributed by atoms with Gasteiger partial charge in [0.2, 0.25) is 0 Å². The summed E-state index contributed by atoms with van der Waals surface area (Å²) in [6, 6.07) is 16.5. The molecule has 0 aliphatic carbocycles. The Kier molecular flexibility index (Phi) is 3.22. The first kappa shape index (κ1) is 14.6. The minimum absolute atomic E-state index is 0.0173. The van der Waals surface area contributed by atoms with Crippen molar-refractivity contribution >= 4 is 39.3 Å². The molecule has 24 heavy (non-hydrogen) atoms. The van der Waals surface area contributed by atoms with Gasteiger partial charge in [0.1, 0.15) is 5.75 Å². The van der Waals surface area contributed by atoms with Gasteiger partial charge in [-0.3, -0.25) is 4.79 Å².